The lowest BCUT2D eigenvalue weighted by molar-refractivity contribution is -0.205. The lowest BCUT2D eigenvalue weighted by Crippen LogP contribution is -2.63. The first-order valence-corrected chi connectivity index (χ1v) is 15.7. The molecule has 3 saturated carbocycles. The second-order valence-corrected chi connectivity index (χ2v) is 14.1. The van der Waals surface area contributed by atoms with E-state index in [0.717, 1.165) is 56.7 Å². The number of carbonyl (C=O) groups is 2. The Bertz CT molecular complexity index is 1140. The largest absolute Gasteiger partial charge is 0.461 e. The van der Waals surface area contributed by atoms with Crippen molar-refractivity contribution in [1.29, 1.82) is 0 Å². The summed E-state index contributed by atoms with van der Waals surface area (Å²) in [6.45, 7) is 16.6. The third-order valence-electron chi connectivity index (χ3n) is 11.1. The number of rotatable bonds is 6. The Morgan fingerprint density at radius 3 is 2.67 bits per heavy atom. The van der Waals surface area contributed by atoms with Crippen LogP contribution in [0.2, 0.25) is 0 Å². The average molecular weight is 556 g/mol. The molecule has 1 N–H and O–H groups in total. The maximum absolute atomic E-state index is 13.6. The maximum atomic E-state index is 13.6. The molecule has 39 heavy (non-hydrogen) atoms. The molecule has 4 aliphatic rings. The van der Waals surface area contributed by atoms with E-state index in [0.29, 0.717) is 18.0 Å². The summed E-state index contributed by atoms with van der Waals surface area (Å²) in [6.07, 6.45) is 6.66. The first kappa shape index (κ1) is 28.6. The summed E-state index contributed by atoms with van der Waals surface area (Å²) in [5.74, 6) is 0.895. The number of anilines is 1. The first-order valence-electron chi connectivity index (χ1n) is 14.7. The van der Waals surface area contributed by atoms with Gasteiger partial charge < -0.3 is 14.7 Å². The van der Waals surface area contributed by atoms with Crippen LogP contribution in [0.15, 0.2) is 23.9 Å². The number of ether oxygens (including phenoxy) is 1. The molecule has 1 aliphatic heterocycles. The van der Waals surface area contributed by atoms with Crippen molar-refractivity contribution in [1.82, 2.24) is 9.97 Å². The fraction of sp³-hybridized carbons (Fsp3) is 0.742. The number of aliphatic hydroxyl groups is 1. The second kappa shape index (κ2) is 10.5. The molecule has 1 aromatic rings. The van der Waals surface area contributed by atoms with Crippen LogP contribution in [0.25, 0.3) is 0 Å². The zero-order valence-electron chi connectivity index (χ0n) is 24.2. The number of aryl methyl sites for hydroxylation is 1. The summed E-state index contributed by atoms with van der Waals surface area (Å²) in [4.78, 5) is 38.6. The van der Waals surface area contributed by atoms with Gasteiger partial charge in [-0.2, -0.15) is 0 Å². The van der Waals surface area contributed by atoms with E-state index in [4.69, 9.17) is 9.72 Å². The van der Waals surface area contributed by atoms with Crippen molar-refractivity contribution >= 4 is 29.3 Å². The number of hydrogen-bond donors (Lipinski definition) is 1. The van der Waals surface area contributed by atoms with E-state index in [-0.39, 0.29) is 40.7 Å². The summed E-state index contributed by atoms with van der Waals surface area (Å²) < 4.78 is 6.37. The Labute approximate surface area is 237 Å². The second-order valence-electron chi connectivity index (χ2n) is 13.2. The average Bonchev–Trinajstić information content (AvgIpc) is 3.57. The number of aliphatic hydroxyl groups excluding tert-OH is 1. The molecule has 4 fully saturated rings. The van der Waals surface area contributed by atoms with Crippen LogP contribution in [0.5, 0.6) is 0 Å². The van der Waals surface area contributed by atoms with Gasteiger partial charge in [0.1, 0.15) is 17.7 Å². The van der Waals surface area contributed by atoms with Gasteiger partial charge in [0.25, 0.3) is 0 Å². The van der Waals surface area contributed by atoms with E-state index in [1.807, 2.05) is 26.0 Å². The topological polar surface area (TPSA) is 92.6 Å². The number of esters is 1. The summed E-state index contributed by atoms with van der Waals surface area (Å²) in [5, 5.41) is 12.3. The zero-order chi connectivity index (χ0) is 28.2. The normalized spacial score (nSPS) is 40.1. The number of aromatic nitrogens is 2. The van der Waals surface area contributed by atoms with Crippen molar-refractivity contribution in [2.24, 2.45) is 34.0 Å². The molecular weight excluding hydrogens is 510 g/mol. The predicted molar refractivity (Wildman–Crippen MR) is 154 cm³/mol. The van der Waals surface area contributed by atoms with E-state index in [9.17, 15) is 14.7 Å². The molecule has 0 aromatic carbocycles. The number of carbonyl (C=O) groups excluding carboxylic acids is 2. The Balaban J connectivity index is 1.41. The van der Waals surface area contributed by atoms with E-state index in [2.05, 4.69) is 37.2 Å². The van der Waals surface area contributed by atoms with Gasteiger partial charge in [-0.25, -0.2) is 9.97 Å². The van der Waals surface area contributed by atoms with Gasteiger partial charge in [0.15, 0.2) is 5.16 Å². The minimum Gasteiger partial charge on any atom is -0.461 e. The molecule has 8 atom stereocenters. The van der Waals surface area contributed by atoms with E-state index in [1.165, 1.54) is 11.8 Å². The molecular formula is C31H45N3O4S. The molecule has 3 aliphatic carbocycles. The molecule has 1 saturated heterocycles. The zero-order valence-corrected chi connectivity index (χ0v) is 25.1. The van der Waals surface area contributed by atoms with Gasteiger partial charge >= 0.3 is 5.97 Å². The molecule has 214 valence electrons. The minimum absolute atomic E-state index is 0.0424. The Kier molecular flexibility index (Phi) is 7.68. The number of thioether (sulfide) groups is 1. The standard InChI is InChI=1S/C31H45N3O4S/c1-7-29(5)17-23(30(6)19(2)10-12-31(21(4)27(29)37)13-11-22(35)26(30)31)38-25(36)18-39-28-32-20(3)16-24(33-28)34-14-8-9-15-34/h7,16,19,21,23,26-27,37H,1,8-15,17-18H2,2-6H3/t19-,21+,23-,26+,27+,29-,30-,31+/m1/s1. The fourth-order valence-corrected chi connectivity index (χ4v) is 9.20. The Morgan fingerprint density at radius 2 is 1.97 bits per heavy atom. The van der Waals surface area contributed by atoms with Crippen LogP contribution in [0, 0.1) is 40.9 Å². The van der Waals surface area contributed by atoms with E-state index < -0.39 is 23.0 Å². The van der Waals surface area contributed by atoms with Crippen LogP contribution >= 0.6 is 11.8 Å². The van der Waals surface area contributed by atoms with Crippen LogP contribution in [0.3, 0.4) is 0 Å². The van der Waals surface area contributed by atoms with Gasteiger partial charge in [-0.1, -0.05) is 45.5 Å². The van der Waals surface area contributed by atoms with Crippen LogP contribution in [0.1, 0.15) is 78.3 Å². The number of nitrogens with zero attached hydrogens (tertiary/aromatic N) is 3. The molecule has 1 aromatic heterocycles. The number of hydrogen-bond acceptors (Lipinski definition) is 8. The SMILES string of the molecule is C=C[C@]1(C)C[C@@H](OC(=O)CSc2nc(C)cc(N3CCCC3)n2)[C@@]2(C)[C@H](C)CC[C@]3(CCC(=O)[C@H]32)[C@@H](C)[C@@H]1O. The third-order valence-corrected chi connectivity index (χ3v) is 12.0. The van der Waals surface area contributed by atoms with Crippen molar-refractivity contribution in [2.75, 3.05) is 23.7 Å². The molecule has 2 bridgehead atoms. The smallest absolute Gasteiger partial charge is 0.316 e. The van der Waals surface area contributed by atoms with Gasteiger partial charge in [0, 0.05) is 48.0 Å². The van der Waals surface area contributed by atoms with Crippen molar-refractivity contribution in [3.63, 3.8) is 0 Å². The highest BCUT2D eigenvalue weighted by Crippen LogP contribution is 2.68. The molecule has 7 nitrogen and oxygen atoms in total. The molecule has 0 spiro atoms. The Hall–Kier alpha value is -1.93. The van der Waals surface area contributed by atoms with Crippen LogP contribution in [0.4, 0.5) is 5.82 Å². The van der Waals surface area contributed by atoms with Crippen molar-refractivity contribution in [3.05, 3.63) is 24.4 Å². The van der Waals surface area contributed by atoms with Crippen molar-refractivity contribution in [3.8, 4) is 0 Å². The van der Waals surface area contributed by atoms with Crippen LogP contribution in [-0.4, -0.2) is 57.9 Å². The predicted octanol–water partition coefficient (Wildman–Crippen LogP) is 5.38. The number of Topliss-reactive ketones (excluding diaryl/α,β-unsaturated/α-hetero) is 1. The first-order chi connectivity index (χ1) is 18.4. The van der Waals surface area contributed by atoms with Crippen LogP contribution < -0.4 is 4.90 Å². The van der Waals surface area contributed by atoms with E-state index in [1.54, 1.807) is 0 Å². The van der Waals surface area contributed by atoms with Crippen molar-refractivity contribution in [2.45, 2.75) is 96.9 Å². The monoisotopic (exact) mass is 555 g/mol. The van der Waals surface area contributed by atoms with E-state index >= 15 is 0 Å². The molecule has 0 unspecified atom stereocenters. The van der Waals surface area contributed by atoms with Crippen LogP contribution in [-0.2, 0) is 14.3 Å². The summed E-state index contributed by atoms with van der Waals surface area (Å²) >= 11 is 1.30. The summed E-state index contributed by atoms with van der Waals surface area (Å²) in [7, 11) is 0. The highest BCUT2D eigenvalue weighted by atomic mass is 32.2. The third kappa shape index (κ3) is 4.73. The highest BCUT2D eigenvalue weighted by Gasteiger charge is 2.68. The van der Waals surface area contributed by atoms with Gasteiger partial charge in [-0.3, -0.25) is 9.59 Å². The Morgan fingerprint density at radius 1 is 1.26 bits per heavy atom. The molecule has 0 radical (unpaired) electrons. The van der Waals surface area contributed by atoms with Crippen molar-refractivity contribution < 1.29 is 19.4 Å². The lowest BCUT2D eigenvalue weighted by Gasteiger charge is -2.61. The van der Waals surface area contributed by atoms with Gasteiger partial charge in [-0.15, -0.1) is 6.58 Å². The molecule has 5 rings (SSSR count). The maximum Gasteiger partial charge on any atom is 0.316 e. The number of ketones is 1. The van der Waals surface area contributed by atoms with Gasteiger partial charge in [0.2, 0.25) is 0 Å². The molecule has 2 heterocycles. The highest BCUT2D eigenvalue weighted by molar-refractivity contribution is 7.99. The van der Waals surface area contributed by atoms with Gasteiger partial charge in [-0.05, 0) is 62.7 Å². The quantitative estimate of drug-likeness (QED) is 0.216. The minimum atomic E-state index is -0.665. The van der Waals surface area contributed by atoms with Gasteiger partial charge in [0.05, 0.1) is 11.9 Å². The summed E-state index contributed by atoms with van der Waals surface area (Å²) in [6, 6.07) is 2.00. The molecule has 8 heteroatoms. The molecule has 0 amide bonds. The fourth-order valence-electron chi connectivity index (χ4n) is 8.52. The summed E-state index contributed by atoms with van der Waals surface area (Å²) in [5.41, 5.74) is -0.534. The lowest BCUT2D eigenvalue weighted by atomic mass is 9.44.